The van der Waals surface area contributed by atoms with Crippen LogP contribution < -0.4 is 5.32 Å². The van der Waals surface area contributed by atoms with Gasteiger partial charge in [-0.1, -0.05) is 54.1 Å². The van der Waals surface area contributed by atoms with Gasteiger partial charge < -0.3 is 10.1 Å². The molecule has 0 spiro atoms. The number of benzene rings is 3. The molecule has 146 valence electrons. The van der Waals surface area contributed by atoms with Crippen LogP contribution in [0.2, 0.25) is 5.02 Å². The summed E-state index contributed by atoms with van der Waals surface area (Å²) in [7, 11) is 0. The third-order valence-corrected chi connectivity index (χ3v) is 4.22. The molecule has 8 heteroatoms. The summed E-state index contributed by atoms with van der Waals surface area (Å²) >= 11 is 5.71. The highest BCUT2D eigenvalue weighted by Crippen LogP contribution is 2.24. The van der Waals surface area contributed by atoms with Gasteiger partial charge in [0.2, 0.25) is 0 Å². The van der Waals surface area contributed by atoms with Crippen LogP contribution in [0.4, 0.5) is 11.4 Å². The number of halogens is 1. The first-order chi connectivity index (χ1) is 13.9. The third-order valence-electron chi connectivity index (χ3n) is 3.99. The van der Waals surface area contributed by atoms with Crippen LogP contribution >= 0.6 is 11.6 Å². The zero-order valence-electron chi connectivity index (χ0n) is 15.0. The Morgan fingerprint density at radius 2 is 1.62 bits per heavy atom. The molecule has 0 aliphatic heterocycles. The SMILES string of the molecule is O=C(COC(=O)c1ccc(Cl)cc1[N+](=O)[O-])Nc1ccc(-c2ccccc2)cc1. The van der Waals surface area contributed by atoms with Gasteiger partial charge in [0.1, 0.15) is 5.56 Å². The molecule has 0 bridgehead atoms. The number of nitrogens with one attached hydrogen (secondary N) is 1. The van der Waals surface area contributed by atoms with E-state index in [9.17, 15) is 19.7 Å². The molecule has 7 nitrogen and oxygen atoms in total. The van der Waals surface area contributed by atoms with E-state index in [0.717, 1.165) is 17.2 Å². The van der Waals surface area contributed by atoms with E-state index >= 15 is 0 Å². The number of carbonyl (C=O) groups excluding carboxylic acids is 2. The van der Waals surface area contributed by atoms with Crippen molar-refractivity contribution in [3.05, 3.63) is 93.5 Å². The van der Waals surface area contributed by atoms with E-state index in [2.05, 4.69) is 5.32 Å². The summed E-state index contributed by atoms with van der Waals surface area (Å²) < 4.78 is 4.89. The molecule has 1 amide bonds. The maximum absolute atomic E-state index is 12.1. The summed E-state index contributed by atoms with van der Waals surface area (Å²) in [4.78, 5) is 34.4. The van der Waals surface area contributed by atoms with Crippen molar-refractivity contribution in [2.24, 2.45) is 0 Å². The van der Waals surface area contributed by atoms with E-state index in [1.165, 1.54) is 12.1 Å². The molecular weight excluding hydrogens is 396 g/mol. The Bertz CT molecular complexity index is 1050. The molecule has 0 saturated heterocycles. The lowest BCUT2D eigenvalue weighted by atomic mass is 10.1. The van der Waals surface area contributed by atoms with Gasteiger partial charge in [-0.2, -0.15) is 0 Å². The molecule has 3 aromatic carbocycles. The molecule has 0 aliphatic rings. The van der Waals surface area contributed by atoms with Gasteiger partial charge in [-0.15, -0.1) is 0 Å². The van der Waals surface area contributed by atoms with Gasteiger partial charge >= 0.3 is 5.97 Å². The maximum Gasteiger partial charge on any atom is 0.345 e. The zero-order chi connectivity index (χ0) is 20.8. The van der Waals surface area contributed by atoms with E-state index in [-0.39, 0.29) is 10.6 Å². The minimum atomic E-state index is -0.983. The van der Waals surface area contributed by atoms with Crippen molar-refractivity contribution in [2.75, 3.05) is 11.9 Å². The average Bonchev–Trinajstić information content (AvgIpc) is 2.73. The largest absolute Gasteiger partial charge is 0.452 e. The van der Waals surface area contributed by atoms with E-state index < -0.39 is 29.1 Å². The Kier molecular flexibility index (Phi) is 6.21. The molecule has 3 aromatic rings. The quantitative estimate of drug-likeness (QED) is 0.360. The Morgan fingerprint density at radius 3 is 2.28 bits per heavy atom. The number of esters is 1. The zero-order valence-corrected chi connectivity index (χ0v) is 15.8. The Balaban J connectivity index is 1.59. The van der Waals surface area contributed by atoms with Crippen molar-refractivity contribution < 1.29 is 19.2 Å². The summed E-state index contributed by atoms with van der Waals surface area (Å²) in [5, 5.41) is 13.8. The molecule has 0 aromatic heterocycles. The van der Waals surface area contributed by atoms with E-state index in [1.807, 2.05) is 42.5 Å². The second-order valence-corrected chi connectivity index (χ2v) is 6.42. The first-order valence-electron chi connectivity index (χ1n) is 8.50. The molecule has 29 heavy (non-hydrogen) atoms. The summed E-state index contributed by atoms with van der Waals surface area (Å²) in [6, 6.07) is 20.5. The number of nitrogens with zero attached hydrogens (tertiary/aromatic N) is 1. The standard InChI is InChI=1S/C21H15ClN2O5/c22-16-8-11-18(19(12-16)24(27)28)21(26)29-13-20(25)23-17-9-6-15(7-10-17)14-4-2-1-3-5-14/h1-12H,13H2,(H,23,25). The predicted octanol–water partition coefficient (Wildman–Crippen LogP) is 4.71. The van der Waals surface area contributed by atoms with Gasteiger partial charge in [-0.3, -0.25) is 14.9 Å². The highest BCUT2D eigenvalue weighted by molar-refractivity contribution is 6.31. The van der Waals surface area contributed by atoms with Gasteiger partial charge in [0.15, 0.2) is 6.61 Å². The van der Waals surface area contributed by atoms with Crippen LogP contribution in [-0.2, 0) is 9.53 Å². The number of hydrogen-bond donors (Lipinski definition) is 1. The normalized spacial score (nSPS) is 10.2. The monoisotopic (exact) mass is 410 g/mol. The van der Waals surface area contributed by atoms with E-state index in [4.69, 9.17) is 16.3 Å². The number of carbonyl (C=O) groups is 2. The fraction of sp³-hybridized carbons (Fsp3) is 0.0476. The topological polar surface area (TPSA) is 98.5 Å². The highest BCUT2D eigenvalue weighted by atomic mass is 35.5. The van der Waals surface area contributed by atoms with Gasteiger partial charge in [-0.25, -0.2) is 4.79 Å². The van der Waals surface area contributed by atoms with Crippen molar-refractivity contribution in [1.82, 2.24) is 0 Å². The molecule has 3 rings (SSSR count). The van der Waals surface area contributed by atoms with Gasteiger partial charge in [0.05, 0.1) is 4.92 Å². The van der Waals surface area contributed by atoms with Crippen LogP contribution in [0, 0.1) is 10.1 Å². The van der Waals surface area contributed by atoms with Crippen LogP contribution in [-0.4, -0.2) is 23.4 Å². The Morgan fingerprint density at radius 1 is 0.966 bits per heavy atom. The molecule has 0 unspecified atom stereocenters. The molecule has 0 saturated carbocycles. The lowest BCUT2D eigenvalue weighted by Gasteiger charge is -2.08. The van der Waals surface area contributed by atoms with Crippen molar-refractivity contribution in [3.8, 4) is 11.1 Å². The number of nitro benzene ring substituents is 1. The number of ether oxygens (including phenoxy) is 1. The van der Waals surface area contributed by atoms with Crippen LogP contribution in [0.3, 0.4) is 0 Å². The van der Waals surface area contributed by atoms with Crippen LogP contribution in [0.1, 0.15) is 10.4 Å². The van der Waals surface area contributed by atoms with Gasteiger partial charge in [-0.05, 0) is 35.4 Å². The smallest absolute Gasteiger partial charge is 0.345 e. The lowest BCUT2D eigenvalue weighted by molar-refractivity contribution is -0.385. The Hall–Kier alpha value is -3.71. The van der Waals surface area contributed by atoms with Crippen molar-refractivity contribution in [2.45, 2.75) is 0 Å². The number of anilines is 1. The van der Waals surface area contributed by atoms with Crippen molar-refractivity contribution >= 4 is 34.9 Å². The summed E-state index contributed by atoms with van der Waals surface area (Å²) in [5.74, 6) is -1.55. The number of amides is 1. The number of rotatable bonds is 6. The first kappa shape index (κ1) is 20.0. The highest BCUT2D eigenvalue weighted by Gasteiger charge is 2.22. The molecule has 1 N–H and O–H groups in total. The third kappa shape index (κ3) is 5.18. The molecular formula is C21H15ClN2O5. The van der Waals surface area contributed by atoms with Gasteiger partial charge in [0, 0.05) is 16.8 Å². The Labute approximate surface area is 171 Å². The molecule has 0 radical (unpaired) electrons. The lowest BCUT2D eigenvalue weighted by Crippen LogP contribution is -2.21. The molecule has 0 aliphatic carbocycles. The minimum Gasteiger partial charge on any atom is -0.452 e. The fourth-order valence-corrected chi connectivity index (χ4v) is 2.78. The first-order valence-corrected chi connectivity index (χ1v) is 8.88. The van der Waals surface area contributed by atoms with E-state index in [0.29, 0.717) is 5.69 Å². The second kappa shape index (κ2) is 8.99. The average molecular weight is 411 g/mol. The van der Waals surface area contributed by atoms with Crippen LogP contribution in [0.5, 0.6) is 0 Å². The fourth-order valence-electron chi connectivity index (χ4n) is 2.61. The van der Waals surface area contributed by atoms with Crippen molar-refractivity contribution in [1.29, 1.82) is 0 Å². The van der Waals surface area contributed by atoms with Gasteiger partial charge in [0.25, 0.3) is 11.6 Å². The summed E-state index contributed by atoms with van der Waals surface area (Å²) in [6.45, 7) is -0.584. The van der Waals surface area contributed by atoms with Crippen LogP contribution in [0.25, 0.3) is 11.1 Å². The number of hydrogen-bond acceptors (Lipinski definition) is 5. The summed E-state index contributed by atoms with van der Waals surface area (Å²) in [5.41, 5.74) is 1.80. The molecule has 0 heterocycles. The van der Waals surface area contributed by atoms with Crippen LogP contribution in [0.15, 0.2) is 72.8 Å². The maximum atomic E-state index is 12.1. The predicted molar refractivity (Wildman–Crippen MR) is 109 cm³/mol. The van der Waals surface area contributed by atoms with E-state index in [1.54, 1.807) is 12.1 Å². The van der Waals surface area contributed by atoms with Crippen molar-refractivity contribution in [3.63, 3.8) is 0 Å². The minimum absolute atomic E-state index is 0.116. The number of nitro groups is 1. The molecule has 0 fully saturated rings. The summed E-state index contributed by atoms with van der Waals surface area (Å²) in [6.07, 6.45) is 0. The second-order valence-electron chi connectivity index (χ2n) is 5.99. The molecule has 0 atom stereocenters.